The Labute approximate surface area is 703 Å². The number of aliphatic hydroxyl groups is 1. The molecule has 5 rings (SSSR count). The Balaban J connectivity index is 1.63. The highest BCUT2D eigenvalue weighted by atomic mass is 16.5. The van der Waals surface area contributed by atoms with E-state index < -0.39 is 267 Å². The number of ether oxygens (including phenoxy) is 1. The first-order chi connectivity index (χ1) is 58.3. The Bertz CT molecular complexity index is 4500. The third-order valence-electron chi connectivity index (χ3n) is 19.2. The molecule has 4 aromatic rings. The van der Waals surface area contributed by atoms with E-state index in [4.69, 9.17) is 16.2 Å². The lowest BCUT2D eigenvalue weighted by molar-refractivity contribution is -0.156. The number of ketones is 1. The van der Waals surface area contributed by atoms with Crippen molar-refractivity contribution >= 4 is 141 Å². The number of aliphatic hydroxyl groups excluding tert-OH is 1. The van der Waals surface area contributed by atoms with Crippen molar-refractivity contribution in [2.45, 2.75) is 209 Å². The molecule has 123 heavy (non-hydrogen) atoms. The number of esters is 1. The molecule has 0 saturated carbocycles. The molecular weight excluding hydrogens is 1620 g/mol. The van der Waals surface area contributed by atoms with E-state index in [1.807, 2.05) is 16.0 Å². The Kier molecular flexibility index (Phi) is 40.6. The molecule has 1 aliphatic rings. The maximum absolute atomic E-state index is 15.0. The number of unbranched alkanes of at least 4 members (excludes halogenated alkanes) is 6. The molecule has 24 N–H and O–H groups in total. The van der Waals surface area contributed by atoms with Gasteiger partial charge in [-0.25, -0.2) is 4.79 Å². The number of nitrogens with two attached hydrogens (primary N) is 2. The second-order valence-electron chi connectivity index (χ2n) is 29.1. The topological polar surface area (TPSA) is 705 Å². The van der Waals surface area contributed by atoms with Gasteiger partial charge in [0.1, 0.15) is 72.6 Å². The van der Waals surface area contributed by atoms with E-state index >= 15 is 0 Å². The van der Waals surface area contributed by atoms with Crippen molar-refractivity contribution in [1.29, 1.82) is 0 Å². The van der Waals surface area contributed by atoms with E-state index in [0.717, 1.165) is 52.9 Å². The van der Waals surface area contributed by atoms with Crippen LogP contribution in [0.15, 0.2) is 85.1 Å². The van der Waals surface area contributed by atoms with Crippen LogP contribution in [0.1, 0.15) is 157 Å². The van der Waals surface area contributed by atoms with Crippen LogP contribution in [0.3, 0.4) is 0 Å². The summed E-state index contributed by atoms with van der Waals surface area (Å²) in [6.07, 6.45) is -2.82. The molecule has 15 amide bonds. The Morgan fingerprint density at radius 2 is 1.07 bits per heavy atom. The van der Waals surface area contributed by atoms with Crippen molar-refractivity contribution in [2.75, 3.05) is 32.0 Å². The van der Waals surface area contributed by atoms with Gasteiger partial charge in [-0.15, -0.1) is 0 Å². The van der Waals surface area contributed by atoms with Gasteiger partial charge in [-0.1, -0.05) is 101 Å². The highest BCUT2D eigenvalue weighted by Crippen LogP contribution is 2.22. The van der Waals surface area contributed by atoms with Gasteiger partial charge in [0.05, 0.1) is 51.8 Å². The molecule has 668 valence electrons. The molecule has 0 bridgehead atoms. The molecule has 0 radical (unpaired) electrons. The molecule has 1 saturated heterocycles. The van der Waals surface area contributed by atoms with Crippen LogP contribution in [0, 0.1) is 5.92 Å². The summed E-state index contributed by atoms with van der Waals surface area (Å²) in [6.45, 7) is 0.928. The molecule has 3 aromatic carbocycles. The van der Waals surface area contributed by atoms with Gasteiger partial charge < -0.3 is 121 Å². The second-order valence-corrected chi connectivity index (χ2v) is 29.1. The number of nitrogens with one attached hydrogen (secondary N) is 15. The van der Waals surface area contributed by atoms with E-state index in [1.165, 1.54) is 36.4 Å². The Hall–Kier alpha value is -14.0. The van der Waals surface area contributed by atoms with Gasteiger partial charge in [-0.2, -0.15) is 0 Å². The summed E-state index contributed by atoms with van der Waals surface area (Å²) in [5, 5.41) is 81.7. The summed E-state index contributed by atoms with van der Waals surface area (Å²) in [6, 6.07) is -3.33. The number of hydrogen-bond acceptors (Lipinski definition) is 24. The van der Waals surface area contributed by atoms with Gasteiger partial charge in [0.2, 0.25) is 82.7 Å². The van der Waals surface area contributed by atoms with Crippen LogP contribution in [0.5, 0.6) is 0 Å². The van der Waals surface area contributed by atoms with E-state index in [-0.39, 0.29) is 42.6 Å². The summed E-state index contributed by atoms with van der Waals surface area (Å²) < 4.78 is 5.72. The number of carbonyl (C=O) groups is 21. The number of anilines is 1. The molecule has 13 atom stereocenters. The van der Waals surface area contributed by atoms with E-state index in [0.29, 0.717) is 29.3 Å². The minimum Gasteiger partial charge on any atom is -0.481 e. The third-order valence-corrected chi connectivity index (χ3v) is 19.2. The SMILES string of the molecule is CCCCCCCCCC(=O)NC(Cc1c[nH]c2ccccc12)C(=O)NC(CC(N)=O)C(=O)NC(CC(=O)O)C(=O)NC1C(=O)NCC(=O)NC(CCCNC(=O)c2ccccc2)C(=O)NC(CC(=O)O)C(=O)NC(C)C(=O)NC(CC(=O)O)C(=O)NCC(=O)NC(CO)C(=O)NC(C(C)CC(=O)O)C(=O)NC(CC(=O)c2ccccc2N)C(=O)OC1C. The predicted octanol–water partition coefficient (Wildman–Crippen LogP) is -4.15. The first-order valence-corrected chi connectivity index (χ1v) is 39.4. The van der Waals surface area contributed by atoms with Crippen LogP contribution in [0.2, 0.25) is 0 Å². The standard InChI is InChI=1S/C79H105N17O27/c1-5-6-7-8-9-10-14-27-59(100)88-50(30-44-36-83-48-25-18-16-22-45(44)48)73(116)91-51(32-58(81)99)74(117)93-54(35-65(109)110)75(118)96-67-42(4)123-79(122)55(31-57(98)46-23-15-17-24-47(46)80)94-78(121)66(40(2)29-62(103)104)95-76(119)56(39-97)89-61(102)37-84-70(113)52(33-63(105)106)90-68(111)41(3)86-72(115)53(34-64(107)108)92-71(114)49(87-60(101)38-85-77(67)120)26-19-28-82-69(112)43-20-12-11-13-21-43/h11-13,15-18,20-25,36,40-42,49-56,66-67,83,97H,5-10,14,19,26-35,37-39,80H2,1-4H3,(H2,81,99)(H,82,112)(H,84,113)(H,85,120)(H,86,115)(H,87,101)(H,88,100)(H,89,102)(H,90,111)(H,91,116)(H,92,114)(H,93,117)(H,94,121)(H,95,119)(H,96,118)(H,103,104)(H,105,106)(H,107,108)(H,109,110). The molecule has 1 aromatic heterocycles. The molecule has 0 spiro atoms. The number of nitrogen functional groups attached to an aromatic ring is 1. The number of H-pyrrole nitrogens is 1. The van der Waals surface area contributed by atoms with Crippen LogP contribution in [-0.2, 0) is 102 Å². The van der Waals surface area contributed by atoms with Crippen LogP contribution in [0.4, 0.5) is 5.69 Å². The van der Waals surface area contributed by atoms with Crippen LogP contribution < -0.4 is 85.9 Å². The van der Waals surface area contributed by atoms with Crippen LogP contribution >= 0.6 is 0 Å². The molecule has 44 heteroatoms. The number of para-hydroxylation sites is 2. The second kappa shape index (κ2) is 50.2. The molecule has 2 heterocycles. The fourth-order valence-corrected chi connectivity index (χ4v) is 12.6. The maximum Gasteiger partial charge on any atom is 0.329 e. The number of hydrogen-bond donors (Lipinski definition) is 22. The number of aromatic nitrogens is 1. The summed E-state index contributed by atoms with van der Waals surface area (Å²) in [4.78, 5) is 292. The zero-order chi connectivity index (χ0) is 91.2. The zero-order valence-electron chi connectivity index (χ0n) is 67.8. The lowest BCUT2D eigenvalue weighted by atomic mass is 9.96. The van der Waals surface area contributed by atoms with Gasteiger partial charge in [-0.3, -0.25) is 95.9 Å². The smallest absolute Gasteiger partial charge is 0.329 e. The number of aromatic amines is 1. The number of rotatable bonds is 37. The number of carbonyl (C=O) groups excluding carboxylic acids is 17. The van der Waals surface area contributed by atoms with Gasteiger partial charge in [0, 0.05) is 59.7 Å². The lowest BCUT2D eigenvalue weighted by Crippen LogP contribution is -2.62. The maximum atomic E-state index is 15.0. The van der Waals surface area contributed by atoms with Crippen LogP contribution in [-0.4, -0.2) is 254 Å². The minimum atomic E-state index is -2.49. The molecule has 1 aliphatic heterocycles. The number of fused-ring (bicyclic) bond motifs is 1. The fourth-order valence-electron chi connectivity index (χ4n) is 12.6. The highest BCUT2D eigenvalue weighted by molar-refractivity contribution is 6.05. The van der Waals surface area contributed by atoms with Crippen molar-refractivity contribution in [3.8, 4) is 0 Å². The van der Waals surface area contributed by atoms with Gasteiger partial charge in [0.25, 0.3) is 5.91 Å². The predicted molar refractivity (Wildman–Crippen MR) is 430 cm³/mol. The summed E-state index contributed by atoms with van der Waals surface area (Å²) in [5.74, 6) is -30.8. The summed E-state index contributed by atoms with van der Waals surface area (Å²) in [5.41, 5.74) is 12.6. The number of primary amides is 1. The van der Waals surface area contributed by atoms with Crippen molar-refractivity contribution in [2.24, 2.45) is 11.7 Å². The Morgan fingerprint density at radius 1 is 0.528 bits per heavy atom. The highest BCUT2D eigenvalue weighted by Gasteiger charge is 2.41. The Morgan fingerprint density at radius 3 is 1.69 bits per heavy atom. The average molecular weight is 1720 g/mol. The van der Waals surface area contributed by atoms with Crippen molar-refractivity contribution in [3.63, 3.8) is 0 Å². The number of cyclic esters (lactones) is 1. The number of amides is 15. The van der Waals surface area contributed by atoms with E-state index in [9.17, 15) is 126 Å². The monoisotopic (exact) mass is 1720 g/mol. The lowest BCUT2D eigenvalue weighted by Gasteiger charge is -2.30. The third kappa shape index (κ3) is 34.0. The minimum absolute atomic E-state index is 0.0286. The molecule has 0 aliphatic carbocycles. The normalized spacial score (nSPS) is 20.5. The quantitative estimate of drug-likeness (QED) is 0.00882. The number of Topliss-reactive ketones (excluding diaryl/α,β-unsaturated/α-hetero) is 1. The molecule has 1 fully saturated rings. The zero-order valence-corrected chi connectivity index (χ0v) is 67.8. The van der Waals surface area contributed by atoms with Gasteiger partial charge in [-0.05, 0) is 74.9 Å². The van der Waals surface area contributed by atoms with Gasteiger partial charge in [0.15, 0.2) is 5.78 Å². The van der Waals surface area contributed by atoms with E-state index in [1.54, 1.807) is 48.7 Å². The fraction of sp³-hybridized carbons (Fsp3) is 0.481. The van der Waals surface area contributed by atoms with Gasteiger partial charge >= 0.3 is 29.8 Å². The molecule has 44 nitrogen and oxygen atoms in total. The number of benzene rings is 3. The first-order valence-electron chi connectivity index (χ1n) is 39.4. The molecular formula is C79H105N17O27. The largest absolute Gasteiger partial charge is 0.481 e. The summed E-state index contributed by atoms with van der Waals surface area (Å²) >= 11 is 0. The summed E-state index contributed by atoms with van der Waals surface area (Å²) in [7, 11) is 0. The number of carboxylic acids is 4. The van der Waals surface area contributed by atoms with E-state index in [2.05, 4.69) is 70.4 Å². The number of carboxylic acid groups (broad SMARTS) is 4. The number of aliphatic carboxylic acids is 4. The van der Waals surface area contributed by atoms with Crippen molar-refractivity contribution < 1.29 is 131 Å². The van der Waals surface area contributed by atoms with Crippen LogP contribution in [0.25, 0.3) is 10.9 Å². The average Bonchev–Trinajstić information content (AvgIpc) is 1.80. The van der Waals surface area contributed by atoms with Crippen molar-refractivity contribution in [1.82, 2.24) is 79.4 Å². The molecule has 13 unspecified atom stereocenters. The first kappa shape index (κ1) is 99.6. The van der Waals surface area contributed by atoms with Crippen molar-refractivity contribution in [3.05, 3.63) is 102 Å².